The first-order valence-electron chi connectivity index (χ1n) is 10.2. The number of nitrogens with zero attached hydrogens (tertiary/aromatic N) is 1. The molecule has 0 aliphatic carbocycles. The summed E-state index contributed by atoms with van der Waals surface area (Å²) in [5.74, 6) is -0.156. The number of nitrogens with one attached hydrogen (secondary N) is 1. The number of benzene rings is 2. The third-order valence-electron chi connectivity index (χ3n) is 5.00. The average molecular weight is 451 g/mol. The summed E-state index contributed by atoms with van der Waals surface area (Å²) in [6.07, 6.45) is 4.79. The second-order valence-electron chi connectivity index (χ2n) is 7.58. The van der Waals surface area contributed by atoms with E-state index in [0.717, 1.165) is 22.4 Å². The summed E-state index contributed by atoms with van der Waals surface area (Å²) in [5.41, 5.74) is 5.19. The van der Waals surface area contributed by atoms with Gasteiger partial charge in [-0.1, -0.05) is 66.5 Å². The minimum Gasteiger partial charge on any atom is -0.326 e. The van der Waals surface area contributed by atoms with Gasteiger partial charge in [0, 0.05) is 18.7 Å². The molecule has 1 aliphatic rings. The number of carbonyl (C=O) groups is 2. The molecule has 4 nitrogen and oxygen atoms in total. The molecule has 1 aliphatic heterocycles. The maximum atomic E-state index is 12.8. The predicted molar refractivity (Wildman–Crippen MR) is 134 cm³/mol. The van der Waals surface area contributed by atoms with E-state index in [1.165, 1.54) is 17.3 Å². The Bertz CT molecular complexity index is 1060. The third-order valence-corrected chi connectivity index (χ3v) is 6.38. The molecule has 31 heavy (non-hydrogen) atoms. The SMILES string of the molecule is CC(/C=C1\SC(=S)N(CCCC(=O)Nc2ccc(C)c(C)c2)C1=O)=C\c1ccccc1. The van der Waals surface area contributed by atoms with Crippen molar-refractivity contribution in [2.24, 2.45) is 0 Å². The van der Waals surface area contributed by atoms with Crippen molar-refractivity contribution in [1.29, 1.82) is 0 Å². The standard InChI is InChI=1S/C25H26N2O2S2/c1-17(14-20-8-5-4-6-9-20)15-22-24(29)27(25(30)31-22)13-7-10-23(28)26-21-12-11-18(2)19(3)16-21/h4-6,8-9,11-12,14-16H,7,10,13H2,1-3H3,(H,26,28)/b17-14+,22-15-. The van der Waals surface area contributed by atoms with E-state index in [-0.39, 0.29) is 11.8 Å². The van der Waals surface area contributed by atoms with Crippen molar-refractivity contribution in [3.63, 3.8) is 0 Å². The minimum absolute atomic E-state index is 0.0640. The molecule has 1 N–H and O–H groups in total. The number of carbonyl (C=O) groups excluding carboxylic acids is 2. The van der Waals surface area contributed by atoms with Gasteiger partial charge in [0.2, 0.25) is 5.91 Å². The molecule has 2 aromatic carbocycles. The van der Waals surface area contributed by atoms with Gasteiger partial charge in [-0.25, -0.2) is 0 Å². The molecule has 0 atom stereocenters. The van der Waals surface area contributed by atoms with E-state index in [1.807, 2.05) is 81.5 Å². The van der Waals surface area contributed by atoms with Crippen LogP contribution in [0.2, 0.25) is 0 Å². The topological polar surface area (TPSA) is 49.4 Å². The van der Waals surface area contributed by atoms with Crippen molar-refractivity contribution in [2.75, 3.05) is 11.9 Å². The smallest absolute Gasteiger partial charge is 0.266 e. The van der Waals surface area contributed by atoms with E-state index in [4.69, 9.17) is 12.2 Å². The van der Waals surface area contributed by atoms with Crippen molar-refractivity contribution in [3.8, 4) is 0 Å². The highest BCUT2D eigenvalue weighted by molar-refractivity contribution is 8.26. The second-order valence-corrected chi connectivity index (χ2v) is 9.26. The van der Waals surface area contributed by atoms with Crippen LogP contribution >= 0.6 is 24.0 Å². The lowest BCUT2D eigenvalue weighted by molar-refractivity contribution is -0.122. The first-order valence-corrected chi connectivity index (χ1v) is 11.4. The Labute approximate surface area is 193 Å². The van der Waals surface area contributed by atoms with Crippen molar-refractivity contribution < 1.29 is 9.59 Å². The van der Waals surface area contributed by atoms with E-state index in [9.17, 15) is 9.59 Å². The number of anilines is 1. The molecule has 160 valence electrons. The van der Waals surface area contributed by atoms with Crippen LogP contribution in [-0.2, 0) is 9.59 Å². The summed E-state index contributed by atoms with van der Waals surface area (Å²) in [7, 11) is 0. The van der Waals surface area contributed by atoms with E-state index in [0.29, 0.717) is 28.6 Å². The van der Waals surface area contributed by atoms with Crippen LogP contribution in [0.1, 0.15) is 36.5 Å². The largest absolute Gasteiger partial charge is 0.326 e. The zero-order chi connectivity index (χ0) is 22.4. The van der Waals surface area contributed by atoms with Crippen LogP contribution < -0.4 is 5.32 Å². The van der Waals surface area contributed by atoms with Crippen molar-refractivity contribution in [3.05, 3.63) is 81.8 Å². The summed E-state index contributed by atoms with van der Waals surface area (Å²) in [5, 5.41) is 2.92. The Morgan fingerprint density at radius 1 is 1.13 bits per heavy atom. The zero-order valence-corrected chi connectivity index (χ0v) is 19.6. The van der Waals surface area contributed by atoms with Gasteiger partial charge in [0.1, 0.15) is 4.32 Å². The summed E-state index contributed by atoms with van der Waals surface area (Å²) in [6, 6.07) is 15.8. The van der Waals surface area contributed by atoms with Crippen LogP contribution in [0.25, 0.3) is 6.08 Å². The fraction of sp³-hybridized carbons (Fsp3) is 0.240. The van der Waals surface area contributed by atoms with Gasteiger partial charge in [0.05, 0.1) is 4.91 Å². The van der Waals surface area contributed by atoms with Crippen molar-refractivity contribution >= 4 is 51.9 Å². The molecule has 6 heteroatoms. The minimum atomic E-state index is -0.0922. The lowest BCUT2D eigenvalue weighted by Gasteiger charge is -2.14. The van der Waals surface area contributed by atoms with Crippen LogP contribution in [0.3, 0.4) is 0 Å². The molecule has 1 fully saturated rings. The summed E-state index contributed by atoms with van der Waals surface area (Å²) in [4.78, 5) is 27.2. The number of aryl methyl sites for hydroxylation is 2. The lowest BCUT2D eigenvalue weighted by atomic mass is 10.1. The summed E-state index contributed by atoms with van der Waals surface area (Å²) >= 11 is 6.71. The van der Waals surface area contributed by atoms with Gasteiger partial charge in [-0.15, -0.1) is 0 Å². The van der Waals surface area contributed by atoms with Crippen LogP contribution in [0.4, 0.5) is 5.69 Å². The highest BCUT2D eigenvalue weighted by atomic mass is 32.2. The third kappa shape index (κ3) is 6.39. The van der Waals surface area contributed by atoms with Gasteiger partial charge in [0.25, 0.3) is 5.91 Å². The molecule has 2 amide bonds. The van der Waals surface area contributed by atoms with Crippen LogP contribution in [-0.4, -0.2) is 27.6 Å². The monoisotopic (exact) mass is 450 g/mol. The van der Waals surface area contributed by atoms with E-state index in [1.54, 1.807) is 4.90 Å². The first kappa shape index (κ1) is 23.0. The molecule has 2 aromatic rings. The molecule has 1 saturated heterocycles. The van der Waals surface area contributed by atoms with Gasteiger partial charge in [-0.3, -0.25) is 14.5 Å². The molecule has 0 spiro atoms. The highest BCUT2D eigenvalue weighted by Crippen LogP contribution is 2.32. The van der Waals surface area contributed by atoms with E-state index >= 15 is 0 Å². The maximum absolute atomic E-state index is 12.8. The fourth-order valence-electron chi connectivity index (χ4n) is 3.19. The number of allylic oxidation sites excluding steroid dienone is 2. The molecular formula is C25H26N2O2S2. The number of thioether (sulfide) groups is 1. The second kappa shape index (κ2) is 10.6. The molecule has 0 aromatic heterocycles. The molecule has 0 unspecified atom stereocenters. The molecule has 1 heterocycles. The zero-order valence-electron chi connectivity index (χ0n) is 18.0. The maximum Gasteiger partial charge on any atom is 0.266 e. The Balaban J connectivity index is 1.53. The molecule has 0 bridgehead atoms. The Morgan fingerprint density at radius 2 is 1.87 bits per heavy atom. The average Bonchev–Trinajstić information content (AvgIpc) is 2.98. The summed E-state index contributed by atoms with van der Waals surface area (Å²) in [6.45, 7) is 6.46. The van der Waals surface area contributed by atoms with Crippen LogP contribution in [0, 0.1) is 13.8 Å². The molecule has 3 rings (SSSR count). The van der Waals surface area contributed by atoms with Gasteiger partial charge in [-0.05, 0) is 67.7 Å². The van der Waals surface area contributed by atoms with E-state index < -0.39 is 0 Å². The Morgan fingerprint density at radius 3 is 2.58 bits per heavy atom. The number of thiocarbonyl (C=S) groups is 1. The fourth-order valence-corrected chi connectivity index (χ4v) is 4.55. The quantitative estimate of drug-likeness (QED) is 0.423. The van der Waals surface area contributed by atoms with E-state index in [2.05, 4.69) is 5.32 Å². The Kier molecular flexibility index (Phi) is 7.82. The number of hydrogen-bond acceptors (Lipinski definition) is 4. The Hall–Kier alpha value is -2.70. The first-order chi connectivity index (χ1) is 14.8. The lowest BCUT2D eigenvalue weighted by Crippen LogP contribution is -2.29. The highest BCUT2D eigenvalue weighted by Gasteiger charge is 2.31. The molecule has 0 saturated carbocycles. The van der Waals surface area contributed by atoms with Crippen molar-refractivity contribution in [1.82, 2.24) is 4.90 Å². The number of rotatable bonds is 7. The summed E-state index contributed by atoms with van der Waals surface area (Å²) < 4.78 is 0.540. The molecular weight excluding hydrogens is 424 g/mol. The van der Waals surface area contributed by atoms with Gasteiger partial charge >= 0.3 is 0 Å². The van der Waals surface area contributed by atoms with Crippen LogP contribution in [0.5, 0.6) is 0 Å². The van der Waals surface area contributed by atoms with Crippen molar-refractivity contribution in [2.45, 2.75) is 33.6 Å². The van der Waals surface area contributed by atoms with Gasteiger partial charge in [0.15, 0.2) is 0 Å². The predicted octanol–water partition coefficient (Wildman–Crippen LogP) is 5.87. The van der Waals surface area contributed by atoms with Gasteiger partial charge in [-0.2, -0.15) is 0 Å². The number of hydrogen-bond donors (Lipinski definition) is 1. The number of amides is 2. The van der Waals surface area contributed by atoms with Crippen LogP contribution in [0.15, 0.2) is 65.1 Å². The van der Waals surface area contributed by atoms with Gasteiger partial charge < -0.3 is 5.32 Å². The molecule has 0 radical (unpaired) electrons. The normalized spacial score (nSPS) is 15.6.